The highest BCUT2D eigenvalue weighted by molar-refractivity contribution is 8.01. The van der Waals surface area contributed by atoms with Crippen LogP contribution in [0.25, 0.3) is 11.3 Å². The van der Waals surface area contributed by atoms with Gasteiger partial charge in [-0.1, -0.05) is 71.6 Å². The van der Waals surface area contributed by atoms with Crippen LogP contribution in [0, 0.1) is 0 Å². The summed E-state index contributed by atoms with van der Waals surface area (Å²) in [4.78, 5) is 30.4. The van der Waals surface area contributed by atoms with Crippen LogP contribution >= 0.6 is 34.9 Å². The minimum atomic E-state index is -0.180. The Bertz CT molecular complexity index is 1040. The standard InChI is InChI=1S/C22H21N3O2S3/c1-3-13-23-18(26)14-29-22-24-19(15-9-5-4-6-10-15)21(30-22)25-20(27)16-11-7-8-12-17(16)28-2/h3-12H,1,13-14H2,2H3,(H,23,26)(H,25,27). The van der Waals surface area contributed by atoms with Gasteiger partial charge in [0.25, 0.3) is 5.91 Å². The maximum atomic E-state index is 12.9. The Morgan fingerprint density at radius 3 is 2.60 bits per heavy atom. The second-order valence-electron chi connectivity index (χ2n) is 6.06. The zero-order chi connectivity index (χ0) is 21.3. The van der Waals surface area contributed by atoms with E-state index in [1.54, 1.807) is 6.08 Å². The van der Waals surface area contributed by atoms with Crippen molar-refractivity contribution < 1.29 is 9.59 Å². The normalized spacial score (nSPS) is 10.4. The zero-order valence-corrected chi connectivity index (χ0v) is 18.8. The van der Waals surface area contributed by atoms with Crippen LogP contribution in [0.5, 0.6) is 0 Å². The van der Waals surface area contributed by atoms with Crippen LogP contribution in [0.15, 0.2) is 76.5 Å². The first-order chi connectivity index (χ1) is 14.6. The number of carbonyl (C=O) groups excluding carboxylic acids is 2. The number of thioether (sulfide) groups is 2. The number of hydrogen-bond donors (Lipinski definition) is 2. The molecule has 0 bridgehead atoms. The zero-order valence-electron chi connectivity index (χ0n) is 16.4. The summed E-state index contributed by atoms with van der Waals surface area (Å²) in [6.07, 6.45) is 3.58. The van der Waals surface area contributed by atoms with Crippen molar-refractivity contribution in [2.75, 3.05) is 23.9 Å². The van der Waals surface area contributed by atoms with Gasteiger partial charge in [-0.05, 0) is 18.4 Å². The molecule has 1 aromatic heterocycles. The van der Waals surface area contributed by atoms with Gasteiger partial charge in [-0.15, -0.1) is 18.3 Å². The summed E-state index contributed by atoms with van der Waals surface area (Å²) >= 11 is 4.24. The SMILES string of the molecule is C=CCNC(=O)CSc1nc(-c2ccccc2)c(NC(=O)c2ccccc2SC)s1. The third-order valence-electron chi connectivity index (χ3n) is 4.00. The van der Waals surface area contributed by atoms with Crippen molar-refractivity contribution in [2.45, 2.75) is 9.24 Å². The van der Waals surface area contributed by atoms with Crippen molar-refractivity contribution in [1.29, 1.82) is 0 Å². The van der Waals surface area contributed by atoms with Gasteiger partial charge in [0.05, 0.1) is 11.3 Å². The van der Waals surface area contributed by atoms with Gasteiger partial charge in [-0.25, -0.2) is 4.98 Å². The topological polar surface area (TPSA) is 71.1 Å². The Balaban J connectivity index is 1.84. The van der Waals surface area contributed by atoms with Gasteiger partial charge in [-0.2, -0.15) is 0 Å². The fraction of sp³-hybridized carbons (Fsp3) is 0.136. The van der Waals surface area contributed by atoms with Crippen LogP contribution in [0.1, 0.15) is 10.4 Å². The van der Waals surface area contributed by atoms with Crippen molar-refractivity contribution in [2.24, 2.45) is 0 Å². The quantitative estimate of drug-likeness (QED) is 0.344. The fourth-order valence-corrected chi connectivity index (χ4v) is 5.09. The molecule has 0 aliphatic heterocycles. The number of nitrogens with zero attached hydrogens (tertiary/aromatic N) is 1. The number of rotatable bonds is 9. The Kier molecular flexibility index (Phi) is 8.12. The molecule has 2 N–H and O–H groups in total. The number of anilines is 1. The summed E-state index contributed by atoms with van der Waals surface area (Å²) in [5.41, 5.74) is 2.23. The summed E-state index contributed by atoms with van der Waals surface area (Å²) in [7, 11) is 0. The number of carbonyl (C=O) groups is 2. The molecule has 0 aliphatic carbocycles. The molecule has 5 nitrogen and oxygen atoms in total. The minimum Gasteiger partial charge on any atom is -0.352 e. The van der Waals surface area contributed by atoms with E-state index in [0.29, 0.717) is 22.8 Å². The van der Waals surface area contributed by atoms with E-state index in [9.17, 15) is 9.59 Å². The molecule has 0 aliphatic rings. The number of benzene rings is 2. The number of nitrogens with one attached hydrogen (secondary N) is 2. The molecule has 3 aromatic rings. The molecule has 2 aromatic carbocycles. The lowest BCUT2D eigenvalue weighted by atomic mass is 10.1. The second-order valence-corrected chi connectivity index (χ2v) is 9.13. The number of aromatic nitrogens is 1. The van der Waals surface area contributed by atoms with Crippen molar-refractivity contribution in [3.63, 3.8) is 0 Å². The van der Waals surface area contributed by atoms with Gasteiger partial charge < -0.3 is 10.6 Å². The van der Waals surface area contributed by atoms with E-state index in [-0.39, 0.29) is 17.6 Å². The lowest BCUT2D eigenvalue weighted by Crippen LogP contribution is -2.24. The van der Waals surface area contributed by atoms with E-state index >= 15 is 0 Å². The first-order valence-electron chi connectivity index (χ1n) is 9.13. The third-order valence-corrected chi connectivity index (χ3v) is 6.91. The van der Waals surface area contributed by atoms with E-state index in [1.165, 1.54) is 34.9 Å². The number of thiazole rings is 1. The van der Waals surface area contributed by atoms with Crippen molar-refractivity contribution in [3.8, 4) is 11.3 Å². The molecule has 0 saturated heterocycles. The molecule has 0 saturated carbocycles. The molecular weight excluding hydrogens is 434 g/mol. The van der Waals surface area contributed by atoms with E-state index in [2.05, 4.69) is 22.2 Å². The van der Waals surface area contributed by atoms with Crippen LogP contribution in [-0.2, 0) is 4.79 Å². The molecule has 8 heteroatoms. The summed E-state index contributed by atoms with van der Waals surface area (Å²) in [5, 5.41) is 6.43. The lowest BCUT2D eigenvalue weighted by Gasteiger charge is -2.08. The molecule has 0 fully saturated rings. The van der Waals surface area contributed by atoms with Gasteiger partial charge in [0.15, 0.2) is 4.34 Å². The van der Waals surface area contributed by atoms with Gasteiger partial charge in [0.2, 0.25) is 5.91 Å². The van der Waals surface area contributed by atoms with Crippen LogP contribution in [0.4, 0.5) is 5.00 Å². The first-order valence-corrected chi connectivity index (χ1v) is 12.2. The fourth-order valence-electron chi connectivity index (χ4n) is 2.61. The van der Waals surface area contributed by atoms with E-state index in [1.807, 2.05) is 60.9 Å². The Hall–Kier alpha value is -2.55. The van der Waals surface area contributed by atoms with E-state index in [4.69, 9.17) is 0 Å². The Morgan fingerprint density at radius 1 is 1.13 bits per heavy atom. The monoisotopic (exact) mass is 455 g/mol. The molecule has 1 heterocycles. The molecule has 2 amide bonds. The molecule has 0 atom stereocenters. The smallest absolute Gasteiger partial charge is 0.257 e. The average molecular weight is 456 g/mol. The minimum absolute atomic E-state index is 0.0872. The predicted octanol–water partition coefficient (Wildman–Crippen LogP) is 5.18. The van der Waals surface area contributed by atoms with Gasteiger partial charge in [0, 0.05) is 17.0 Å². The van der Waals surface area contributed by atoms with Gasteiger partial charge in [-0.3, -0.25) is 9.59 Å². The molecule has 0 radical (unpaired) electrons. The Labute approximate surface area is 188 Å². The van der Waals surface area contributed by atoms with Gasteiger partial charge >= 0.3 is 0 Å². The van der Waals surface area contributed by atoms with Crippen LogP contribution in [-0.4, -0.2) is 35.4 Å². The van der Waals surface area contributed by atoms with Crippen molar-refractivity contribution >= 4 is 51.7 Å². The number of hydrogen-bond acceptors (Lipinski definition) is 6. The summed E-state index contributed by atoms with van der Waals surface area (Å²) in [6, 6.07) is 17.2. The molecule has 3 rings (SSSR count). The maximum absolute atomic E-state index is 12.9. The highest BCUT2D eigenvalue weighted by atomic mass is 32.2. The largest absolute Gasteiger partial charge is 0.352 e. The molecule has 0 unspecified atom stereocenters. The molecule has 30 heavy (non-hydrogen) atoms. The Morgan fingerprint density at radius 2 is 1.87 bits per heavy atom. The summed E-state index contributed by atoms with van der Waals surface area (Å²) in [6.45, 7) is 4.02. The van der Waals surface area contributed by atoms with Gasteiger partial charge in [0.1, 0.15) is 10.7 Å². The predicted molar refractivity (Wildman–Crippen MR) is 128 cm³/mol. The lowest BCUT2D eigenvalue weighted by molar-refractivity contribution is -0.118. The highest BCUT2D eigenvalue weighted by Gasteiger charge is 2.18. The van der Waals surface area contributed by atoms with Crippen LogP contribution in [0.2, 0.25) is 0 Å². The van der Waals surface area contributed by atoms with Crippen molar-refractivity contribution in [3.05, 3.63) is 72.8 Å². The average Bonchev–Trinajstić information content (AvgIpc) is 3.19. The van der Waals surface area contributed by atoms with E-state index in [0.717, 1.165) is 14.8 Å². The molecule has 0 spiro atoms. The molecule has 154 valence electrons. The summed E-state index contributed by atoms with van der Waals surface area (Å²) < 4.78 is 0.719. The molecular formula is C22H21N3O2S3. The highest BCUT2D eigenvalue weighted by Crippen LogP contribution is 2.38. The van der Waals surface area contributed by atoms with Crippen LogP contribution in [0.3, 0.4) is 0 Å². The second kappa shape index (κ2) is 11.0. The third kappa shape index (κ3) is 5.75. The van der Waals surface area contributed by atoms with Crippen LogP contribution < -0.4 is 10.6 Å². The number of amides is 2. The van der Waals surface area contributed by atoms with E-state index < -0.39 is 0 Å². The van der Waals surface area contributed by atoms with Crippen molar-refractivity contribution in [1.82, 2.24) is 10.3 Å². The first kappa shape index (κ1) is 22.1. The summed E-state index contributed by atoms with van der Waals surface area (Å²) in [5.74, 6) is -0.0185. The maximum Gasteiger partial charge on any atom is 0.257 e.